The summed E-state index contributed by atoms with van der Waals surface area (Å²) in [5.74, 6) is 0.0889. The second kappa shape index (κ2) is 4.16. The van der Waals surface area contributed by atoms with Crippen molar-refractivity contribution in [3.8, 4) is 5.75 Å². The van der Waals surface area contributed by atoms with Gasteiger partial charge in [0, 0.05) is 17.2 Å². The highest BCUT2D eigenvalue weighted by molar-refractivity contribution is 6.21. The SMILES string of the molecule is Fc1ccccc1OC1CC(Cl)C12CCCC2. The lowest BCUT2D eigenvalue weighted by Gasteiger charge is -2.50. The van der Waals surface area contributed by atoms with Crippen molar-refractivity contribution >= 4 is 11.6 Å². The molecule has 1 aromatic rings. The lowest BCUT2D eigenvalue weighted by atomic mass is 9.64. The lowest BCUT2D eigenvalue weighted by Crippen LogP contribution is -2.55. The minimum atomic E-state index is -0.279. The first-order valence-corrected chi connectivity index (χ1v) is 6.71. The predicted octanol–water partition coefficient (Wildman–Crippen LogP) is 4.14. The first kappa shape index (κ1) is 11.3. The van der Waals surface area contributed by atoms with E-state index in [-0.39, 0.29) is 22.7 Å². The van der Waals surface area contributed by atoms with Crippen LogP contribution in [0, 0.1) is 11.2 Å². The quantitative estimate of drug-likeness (QED) is 0.721. The number of ether oxygens (including phenoxy) is 1. The van der Waals surface area contributed by atoms with Crippen LogP contribution in [-0.2, 0) is 0 Å². The number of hydrogen-bond acceptors (Lipinski definition) is 1. The normalized spacial score (nSPS) is 30.2. The minimum Gasteiger partial charge on any atom is -0.487 e. The van der Waals surface area contributed by atoms with Gasteiger partial charge in [-0.15, -0.1) is 11.6 Å². The predicted molar refractivity (Wildman–Crippen MR) is 66.0 cm³/mol. The molecule has 2 atom stereocenters. The van der Waals surface area contributed by atoms with Crippen LogP contribution in [0.1, 0.15) is 32.1 Å². The maximum atomic E-state index is 13.5. The van der Waals surface area contributed by atoms with E-state index < -0.39 is 0 Å². The summed E-state index contributed by atoms with van der Waals surface area (Å²) >= 11 is 6.34. The third kappa shape index (κ3) is 1.74. The van der Waals surface area contributed by atoms with Gasteiger partial charge in [0.25, 0.3) is 0 Å². The summed E-state index contributed by atoms with van der Waals surface area (Å²) in [7, 11) is 0. The molecule has 0 amide bonds. The Kier molecular flexibility index (Phi) is 2.78. The first-order chi connectivity index (χ1) is 8.22. The van der Waals surface area contributed by atoms with Crippen LogP contribution in [0.5, 0.6) is 5.75 Å². The summed E-state index contributed by atoms with van der Waals surface area (Å²) in [6, 6.07) is 6.61. The summed E-state index contributed by atoms with van der Waals surface area (Å²) in [5, 5.41) is 0.210. The van der Waals surface area contributed by atoms with Crippen LogP contribution in [0.4, 0.5) is 4.39 Å². The highest BCUT2D eigenvalue weighted by atomic mass is 35.5. The molecule has 0 saturated heterocycles. The smallest absolute Gasteiger partial charge is 0.165 e. The zero-order chi connectivity index (χ0) is 11.9. The Balaban J connectivity index is 1.77. The molecular formula is C14H16ClFO. The average Bonchev–Trinajstić information content (AvgIpc) is 2.83. The molecule has 2 aliphatic carbocycles. The van der Waals surface area contributed by atoms with Gasteiger partial charge in [0.15, 0.2) is 11.6 Å². The van der Waals surface area contributed by atoms with E-state index in [1.54, 1.807) is 18.2 Å². The van der Waals surface area contributed by atoms with Gasteiger partial charge in [-0.1, -0.05) is 25.0 Å². The van der Waals surface area contributed by atoms with Crippen LogP contribution in [0.2, 0.25) is 0 Å². The second-order valence-electron chi connectivity index (χ2n) is 5.18. The number of rotatable bonds is 2. The van der Waals surface area contributed by atoms with Gasteiger partial charge in [-0.05, 0) is 25.0 Å². The molecule has 0 bridgehead atoms. The van der Waals surface area contributed by atoms with E-state index in [2.05, 4.69) is 0 Å². The van der Waals surface area contributed by atoms with Gasteiger partial charge in [0.05, 0.1) is 0 Å². The van der Waals surface area contributed by atoms with Gasteiger partial charge in [0.2, 0.25) is 0 Å². The lowest BCUT2D eigenvalue weighted by molar-refractivity contribution is -0.0375. The van der Waals surface area contributed by atoms with Crippen molar-refractivity contribution in [2.75, 3.05) is 0 Å². The highest BCUT2D eigenvalue weighted by Gasteiger charge is 2.57. The van der Waals surface area contributed by atoms with Crippen LogP contribution < -0.4 is 4.74 Å². The van der Waals surface area contributed by atoms with Crippen molar-refractivity contribution in [2.24, 2.45) is 5.41 Å². The Hall–Kier alpha value is -0.760. The fourth-order valence-electron chi connectivity index (χ4n) is 3.23. The van der Waals surface area contributed by atoms with Crippen molar-refractivity contribution in [3.63, 3.8) is 0 Å². The van der Waals surface area contributed by atoms with Crippen LogP contribution in [0.15, 0.2) is 24.3 Å². The van der Waals surface area contributed by atoms with Gasteiger partial charge in [-0.25, -0.2) is 4.39 Å². The zero-order valence-corrected chi connectivity index (χ0v) is 10.4. The Bertz CT molecular complexity index is 414. The second-order valence-corrected chi connectivity index (χ2v) is 5.71. The van der Waals surface area contributed by atoms with E-state index in [4.69, 9.17) is 16.3 Å². The van der Waals surface area contributed by atoms with E-state index in [1.807, 2.05) is 0 Å². The number of para-hydroxylation sites is 1. The number of alkyl halides is 1. The molecule has 0 N–H and O–H groups in total. The van der Waals surface area contributed by atoms with Crippen molar-refractivity contribution < 1.29 is 9.13 Å². The third-order valence-corrected chi connectivity index (χ3v) is 4.94. The zero-order valence-electron chi connectivity index (χ0n) is 9.66. The summed E-state index contributed by atoms with van der Waals surface area (Å²) in [6.45, 7) is 0. The molecule has 3 rings (SSSR count). The molecule has 1 spiro atoms. The fraction of sp³-hybridized carbons (Fsp3) is 0.571. The maximum absolute atomic E-state index is 13.5. The van der Waals surface area contributed by atoms with Crippen LogP contribution in [0.3, 0.4) is 0 Å². The van der Waals surface area contributed by atoms with E-state index in [9.17, 15) is 4.39 Å². The van der Waals surface area contributed by atoms with Crippen LogP contribution in [0.25, 0.3) is 0 Å². The van der Waals surface area contributed by atoms with Crippen LogP contribution in [-0.4, -0.2) is 11.5 Å². The molecule has 17 heavy (non-hydrogen) atoms. The van der Waals surface area contributed by atoms with Gasteiger partial charge < -0.3 is 4.74 Å². The van der Waals surface area contributed by atoms with E-state index in [0.717, 1.165) is 19.3 Å². The molecule has 0 heterocycles. The van der Waals surface area contributed by atoms with Gasteiger partial charge in [0.1, 0.15) is 6.10 Å². The number of benzene rings is 1. The summed E-state index contributed by atoms with van der Waals surface area (Å²) in [5.41, 5.74) is 0.115. The highest BCUT2D eigenvalue weighted by Crippen LogP contribution is 2.57. The minimum absolute atomic E-state index is 0.101. The molecule has 2 unspecified atom stereocenters. The Labute approximate surface area is 106 Å². The van der Waals surface area contributed by atoms with Crippen molar-refractivity contribution in [1.82, 2.24) is 0 Å². The number of hydrogen-bond donors (Lipinski definition) is 0. The molecule has 0 aliphatic heterocycles. The van der Waals surface area contributed by atoms with Crippen molar-refractivity contribution in [2.45, 2.75) is 43.6 Å². The first-order valence-electron chi connectivity index (χ1n) is 6.28. The van der Waals surface area contributed by atoms with Crippen molar-refractivity contribution in [1.29, 1.82) is 0 Å². The maximum Gasteiger partial charge on any atom is 0.165 e. The Morgan fingerprint density at radius 2 is 1.94 bits per heavy atom. The van der Waals surface area contributed by atoms with Gasteiger partial charge in [-0.3, -0.25) is 0 Å². The third-order valence-electron chi connectivity index (χ3n) is 4.33. The fourth-order valence-corrected chi connectivity index (χ4v) is 3.75. The monoisotopic (exact) mass is 254 g/mol. The van der Waals surface area contributed by atoms with Gasteiger partial charge in [-0.2, -0.15) is 0 Å². The molecule has 2 aliphatic rings. The standard InChI is InChI=1S/C14H16ClFO/c15-12-9-13(14(12)7-3-4-8-14)17-11-6-2-1-5-10(11)16/h1-2,5-6,12-13H,3-4,7-9H2. The molecule has 0 aromatic heterocycles. The van der Waals surface area contributed by atoms with E-state index in [1.165, 1.54) is 18.9 Å². The topological polar surface area (TPSA) is 9.23 Å². The van der Waals surface area contributed by atoms with E-state index in [0.29, 0.717) is 5.75 Å². The molecule has 1 aromatic carbocycles. The summed E-state index contributed by atoms with van der Waals surface area (Å²) in [4.78, 5) is 0. The average molecular weight is 255 g/mol. The van der Waals surface area contributed by atoms with E-state index >= 15 is 0 Å². The molecule has 1 nitrogen and oxygen atoms in total. The summed E-state index contributed by atoms with van der Waals surface area (Å²) in [6.07, 6.45) is 5.64. The molecule has 3 heteroatoms. The molecule has 92 valence electrons. The largest absolute Gasteiger partial charge is 0.487 e. The van der Waals surface area contributed by atoms with Crippen LogP contribution >= 0.6 is 11.6 Å². The Morgan fingerprint density at radius 1 is 1.24 bits per heavy atom. The molecule has 2 saturated carbocycles. The van der Waals surface area contributed by atoms with Gasteiger partial charge >= 0.3 is 0 Å². The number of halogens is 2. The van der Waals surface area contributed by atoms with Crippen molar-refractivity contribution in [3.05, 3.63) is 30.1 Å². The molecule has 2 fully saturated rings. The summed E-state index contributed by atoms with van der Waals surface area (Å²) < 4.78 is 19.4. The molecular weight excluding hydrogens is 239 g/mol. The molecule has 0 radical (unpaired) electrons. The Morgan fingerprint density at radius 3 is 2.59 bits per heavy atom.